The van der Waals surface area contributed by atoms with Crippen molar-refractivity contribution in [3.05, 3.63) is 101 Å². The van der Waals surface area contributed by atoms with Crippen molar-refractivity contribution in [3.8, 4) is 11.4 Å². The Bertz CT molecular complexity index is 1970. The van der Waals surface area contributed by atoms with E-state index in [9.17, 15) is 26.4 Å². The number of ether oxygens (including phenoxy) is 1. The number of halogens is 3. The SMILES string of the molecule is COc1c(NC(=O)c2ccc(C)c(N3C=C(c4cnn(-c5ccccc5)c4C(F)(F)F)NN3)c2)cc(C(C)(C)C)cc1NS(C)(=O)=O. The minimum atomic E-state index is -4.71. The molecule has 0 saturated heterocycles. The number of sulfonamides is 1. The number of nitrogens with one attached hydrogen (secondary N) is 4. The largest absolute Gasteiger partial charge is 0.492 e. The van der Waals surface area contributed by atoms with E-state index in [-0.39, 0.29) is 39.6 Å². The second-order valence-corrected chi connectivity index (χ2v) is 13.7. The topological polar surface area (TPSA) is 130 Å². The number of nitrogens with zero attached hydrogens (tertiary/aromatic N) is 3. The number of benzene rings is 3. The molecular weight excluding hydrogens is 635 g/mol. The highest BCUT2D eigenvalue weighted by molar-refractivity contribution is 7.92. The fourth-order valence-corrected chi connectivity index (χ4v) is 5.57. The molecule has 0 atom stereocenters. The summed E-state index contributed by atoms with van der Waals surface area (Å²) in [7, 11) is -2.31. The molecule has 5 rings (SSSR count). The van der Waals surface area contributed by atoms with E-state index in [1.807, 2.05) is 20.8 Å². The molecule has 1 aromatic heterocycles. The molecule has 11 nitrogen and oxygen atoms in total. The highest BCUT2D eigenvalue weighted by atomic mass is 32.2. The fourth-order valence-electron chi connectivity index (χ4n) is 5.02. The Balaban J connectivity index is 1.48. The van der Waals surface area contributed by atoms with Crippen LogP contribution in [0.25, 0.3) is 11.4 Å². The number of rotatable bonds is 8. The van der Waals surface area contributed by atoms with Crippen molar-refractivity contribution in [2.45, 2.75) is 39.3 Å². The van der Waals surface area contributed by atoms with Crippen LogP contribution in [0.15, 0.2) is 73.1 Å². The molecule has 0 spiro atoms. The molecule has 47 heavy (non-hydrogen) atoms. The van der Waals surface area contributed by atoms with Crippen LogP contribution < -0.4 is 30.7 Å². The standard InChI is InChI=1S/C32H34F3N7O4S/c1-19-12-13-20(30(43)37-24-15-21(31(2,3)4)16-25(28(24)46-5)39-47(6,44)45)14-27(19)41-18-26(38-40-41)23-17-36-42(29(23)32(33,34)35)22-10-8-7-9-11-22/h7-18,38-40H,1-6H3,(H,37,43). The number of aromatic nitrogens is 2. The van der Waals surface area contributed by atoms with Gasteiger partial charge in [-0.25, -0.2) is 13.1 Å². The number of hydrazine groups is 2. The van der Waals surface area contributed by atoms with Gasteiger partial charge in [-0.05, 0) is 59.9 Å². The number of alkyl halides is 3. The molecule has 0 aliphatic carbocycles. The van der Waals surface area contributed by atoms with Crippen molar-refractivity contribution in [3.63, 3.8) is 0 Å². The third kappa shape index (κ3) is 7.20. The van der Waals surface area contributed by atoms with E-state index in [2.05, 4.69) is 26.1 Å². The molecule has 0 unspecified atom stereocenters. The average molecular weight is 670 g/mol. The summed E-state index contributed by atoms with van der Waals surface area (Å²) in [6.07, 6.45) is -1.11. The van der Waals surface area contributed by atoms with Gasteiger partial charge in [0.2, 0.25) is 10.0 Å². The Morgan fingerprint density at radius 3 is 2.30 bits per heavy atom. The van der Waals surface area contributed by atoms with E-state index in [4.69, 9.17) is 4.74 Å². The molecule has 0 radical (unpaired) electrons. The minimum absolute atomic E-state index is 0.114. The van der Waals surface area contributed by atoms with Crippen LogP contribution in [0.5, 0.6) is 5.75 Å². The minimum Gasteiger partial charge on any atom is -0.492 e. The number of carbonyl (C=O) groups is 1. The van der Waals surface area contributed by atoms with Crippen LogP contribution in [0.3, 0.4) is 0 Å². The first-order chi connectivity index (χ1) is 22.0. The lowest BCUT2D eigenvalue weighted by molar-refractivity contribution is -0.143. The molecule has 4 N–H and O–H groups in total. The van der Waals surface area contributed by atoms with Gasteiger partial charge in [0.05, 0.1) is 53.6 Å². The molecule has 1 amide bonds. The normalized spacial score (nSPS) is 13.6. The third-order valence-electron chi connectivity index (χ3n) is 7.33. The first-order valence-electron chi connectivity index (χ1n) is 14.3. The number of hydrogen-bond acceptors (Lipinski definition) is 8. The Labute approximate surface area is 270 Å². The van der Waals surface area contributed by atoms with Gasteiger partial charge in [0, 0.05) is 11.8 Å². The highest BCUT2D eigenvalue weighted by Gasteiger charge is 2.40. The Morgan fingerprint density at radius 1 is 1.00 bits per heavy atom. The van der Waals surface area contributed by atoms with Crippen LogP contribution in [0.1, 0.15) is 53.5 Å². The number of carbonyl (C=O) groups excluding carboxylic acids is 1. The second kappa shape index (κ2) is 12.3. The molecule has 0 saturated carbocycles. The molecule has 0 fully saturated rings. The van der Waals surface area contributed by atoms with Crippen molar-refractivity contribution in [1.82, 2.24) is 20.7 Å². The van der Waals surface area contributed by atoms with Gasteiger partial charge in [0.1, 0.15) is 0 Å². The maximum absolute atomic E-state index is 14.3. The molecule has 15 heteroatoms. The average Bonchev–Trinajstić information content (AvgIpc) is 3.64. The van der Waals surface area contributed by atoms with Crippen molar-refractivity contribution >= 4 is 38.7 Å². The summed E-state index contributed by atoms with van der Waals surface area (Å²) in [5, 5.41) is 8.31. The van der Waals surface area contributed by atoms with Crippen LogP contribution >= 0.6 is 0 Å². The summed E-state index contributed by atoms with van der Waals surface area (Å²) in [5.41, 5.74) is 7.06. The van der Waals surface area contributed by atoms with Gasteiger partial charge in [0.15, 0.2) is 11.4 Å². The van der Waals surface area contributed by atoms with Crippen LogP contribution in [0, 0.1) is 6.92 Å². The van der Waals surface area contributed by atoms with Gasteiger partial charge in [-0.1, -0.05) is 45.0 Å². The summed E-state index contributed by atoms with van der Waals surface area (Å²) in [6, 6.07) is 16.3. The smallest absolute Gasteiger partial charge is 0.434 e. The molecule has 1 aliphatic rings. The maximum Gasteiger partial charge on any atom is 0.434 e. The summed E-state index contributed by atoms with van der Waals surface area (Å²) in [6.45, 7) is 7.62. The molecule has 4 aromatic rings. The predicted octanol–water partition coefficient (Wildman–Crippen LogP) is 5.96. The van der Waals surface area contributed by atoms with Gasteiger partial charge in [-0.3, -0.25) is 14.5 Å². The summed E-state index contributed by atoms with van der Waals surface area (Å²) in [4.78, 5) is 13.6. The van der Waals surface area contributed by atoms with Crippen LogP contribution in [-0.2, 0) is 21.6 Å². The zero-order valence-electron chi connectivity index (χ0n) is 26.4. The Hall–Kier alpha value is -5.02. The summed E-state index contributed by atoms with van der Waals surface area (Å²) in [5.74, 6) is -0.403. The van der Waals surface area contributed by atoms with E-state index < -0.39 is 33.2 Å². The summed E-state index contributed by atoms with van der Waals surface area (Å²) >= 11 is 0. The van der Waals surface area contributed by atoms with E-state index in [0.717, 1.165) is 28.3 Å². The lowest BCUT2D eigenvalue weighted by Crippen LogP contribution is -2.36. The first kappa shape index (κ1) is 33.3. The molecule has 2 heterocycles. The number of anilines is 3. The number of hydrogen-bond donors (Lipinski definition) is 4. The number of amides is 1. The van der Waals surface area contributed by atoms with E-state index in [1.165, 1.54) is 30.5 Å². The number of aryl methyl sites for hydroxylation is 1. The number of para-hydroxylation sites is 1. The maximum atomic E-state index is 14.3. The Kier molecular flexibility index (Phi) is 8.73. The van der Waals surface area contributed by atoms with Crippen LogP contribution in [-0.4, -0.2) is 37.5 Å². The van der Waals surface area contributed by atoms with Crippen LogP contribution in [0.2, 0.25) is 0 Å². The van der Waals surface area contributed by atoms with Crippen molar-refractivity contribution in [1.29, 1.82) is 0 Å². The third-order valence-corrected chi connectivity index (χ3v) is 7.92. The fraction of sp³-hybridized carbons (Fsp3) is 0.250. The second-order valence-electron chi connectivity index (χ2n) is 12.0. The van der Waals surface area contributed by atoms with E-state index >= 15 is 0 Å². The summed E-state index contributed by atoms with van der Waals surface area (Å²) < 4.78 is 75.9. The van der Waals surface area contributed by atoms with Crippen molar-refractivity contribution in [2.75, 3.05) is 28.4 Å². The van der Waals surface area contributed by atoms with Crippen molar-refractivity contribution < 1.29 is 31.1 Å². The monoisotopic (exact) mass is 669 g/mol. The predicted molar refractivity (Wildman–Crippen MR) is 175 cm³/mol. The molecule has 1 aliphatic heterocycles. The molecular formula is C32H34F3N7O4S. The van der Waals surface area contributed by atoms with Crippen LogP contribution in [0.4, 0.5) is 30.2 Å². The molecule has 3 aromatic carbocycles. The number of methoxy groups -OCH3 is 1. The molecule has 0 bridgehead atoms. The molecule has 248 valence electrons. The van der Waals surface area contributed by atoms with Gasteiger partial charge in [-0.2, -0.15) is 18.3 Å². The Morgan fingerprint density at radius 2 is 1.68 bits per heavy atom. The van der Waals surface area contributed by atoms with E-state index in [1.54, 1.807) is 55.5 Å². The lowest BCUT2D eigenvalue weighted by Gasteiger charge is -2.24. The van der Waals surface area contributed by atoms with Gasteiger partial charge in [-0.15, -0.1) is 5.53 Å². The lowest BCUT2D eigenvalue weighted by atomic mass is 9.86. The zero-order valence-corrected chi connectivity index (χ0v) is 27.3. The zero-order chi connectivity index (χ0) is 34.3. The van der Waals surface area contributed by atoms with Gasteiger partial charge >= 0.3 is 6.18 Å². The van der Waals surface area contributed by atoms with Gasteiger partial charge < -0.3 is 15.5 Å². The highest BCUT2D eigenvalue weighted by Crippen LogP contribution is 2.40. The first-order valence-corrected chi connectivity index (χ1v) is 16.2. The van der Waals surface area contributed by atoms with E-state index in [0.29, 0.717) is 5.69 Å². The van der Waals surface area contributed by atoms with Crippen molar-refractivity contribution in [2.24, 2.45) is 0 Å². The quantitative estimate of drug-likeness (QED) is 0.181. The van der Waals surface area contributed by atoms with Gasteiger partial charge in [0.25, 0.3) is 5.91 Å².